The number of hydrogen-bond acceptors (Lipinski definition) is 10. The Kier molecular flexibility index (Phi) is 6.79. The Morgan fingerprint density at radius 3 is 2.60 bits per heavy atom. The first-order chi connectivity index (χ1) is 19.0. The molecule has 2 N–H and O–H groups in total. The lowest BCUT2D eigenvalue weighted by Crippen LogP contribution is -2.51. The quantitative estimate of drug-likeness (QED) is 0.438. The van der Waals surface area contributed by atoms with Crippen LogP contribution in [0.4, 0.5) is 0 Å². The number of ether oxygens (including phenoxy) is 5. The van der Waals surface area contributed by atoms with Crippen molar-refractivity contribution in [3.8, 4) is 11.5 Å². The molecule has 1 aromatic rings. The van der Waals surface area contributed by atoms with Crippen molar-refractivity contribution < 1.29 is 43.5 Å². The summed E-state index contributed by atoms with van der Waals surface area (Å²) in [6.07, 6.45) is 4.85. The number of rotatable bonds is 9. The van der Waals surface area contributed by atoms with Gasteiger partial charge in [-0.15, -0.1) is 0 Å². The maximum atomic E-state index is 13.9. The fraction of sp³-hybridized carbons (Fsp3) is 0.667. The zero-order valence-electron chi connectivity index (χ0n) is 23.4. The maximum Gasteiger partial charge on any atom is 0.339 e. The summed E-state index contributed by atoms with van der Waals surface area (Å²) in [6.45, 7) is 5.10. The first-order valence-corrected chi connectivity index (χ1v) is 14.3. The Labute approximate surface area is 234 Å². The van der Waals surface area contributed by atoms with Gasteiger partial charge in [0, 0.05) is 13.0 Å². The van der Waals surface area contributed by atoms with Gasteiger partial charge in [-0.3, -0.25) is 9.69 Å². The molecule has 3 heterocycles. The van der Waals surface area contributed by atoms with E-state index in [4.69, 9.17) is 23.7 Å². The van der Waals surface area contributed by atoms with E-state index in [-0.39, 0.29) is 19.3 Å². The summed E-state index contributed by atoms with van der Waals surface area (Å²) in [6, 6.07) is 4.00. The lowest BCUT2D eigenvalue weighted by molar-refractivity contribution is -0.184. The number of fused-ring (bicyclic) bond motifs is 3. The van der Waals surface area contributed by atoms with Crippen molar-refractivity contribution in [2.45, 2.75) is 87.6 Å². The highest BCUT2D eigenvalue weighted by Crippen LogP contribution is 2.55. The molecule has 10 nitrogen and oxygen atoms in total. The van der Waals surface area contributed by atoms with Crippen molar-refractivity contribution in [2.75, 3.05) is 33.6 Å². The Hall–Kier alpha value is -2.82. The Morgan fingerprint density at radius 2 is 1.90 bits per heavy atom. The van der Waals surface area contributed by atoms with Crippen LogP contribution in [-0.4, -0.2) is 83.5 Å². The third-order valence-electron chi connectivity index (χ3n) is 8.92. The fourth-order valence-electron chi connectivity index (χ4n) is 7.03. The molecule has 4 atom stereocenters. The first kappa shape index (κ1) is 27.4. The van der Waals surface area contributed by atoms with Crippen molar-refractivity contribution in [1.29, 1.82) is 0 Å². The largest absolute Gasteiger partial charge is 0.497 e. The predicted molar refractivity (Wildman–Crippen MR) is 142 cm³/mol. The molecule has 3 aliphatic heterocycles. The molecule has 0 aromatic heterocycles. The Morgan fingerprint density at radius 1 is 1.15 bits per heavy atom. The highest BCUT2D eigenvalue weighted by molar-refractivity contribution is 5.86. The van der Waals surface area contributed by atoms with Crippen LogP contribution in [0, 0.1) is 5.92 Å². The summed E-state index contributed by atoms with van der Waals surface area (Å²) >= 11 is 0. The molecule has 0 amide bonds. The molecule has 2 aliphatic carbocycles. The van der Waals surface area contributed by atoms with E-state index in [1.54, 1.807) is 7.11 Å². The highest BCUT2D eigenvalue weighted by Gasteiger charge is 2.59. The van der Waals surface area contributed by atoms with Gasteiger partial charge in [-0.25, -0.2) is 4.79 Å². The summed E-state index contributed by atoms with van der Waals surface area (Å²) in [5.74, 6) is 0.169. The topological polar surface area (TPSA) is 124 Å². The predicted octanol–water partition coefficient (Wildman–Crippen LogP) is 2.58. The van der Waals surface area contributed by atoms with Crippen LogP contribution < -0.4 is 9.47 Å². The smallest absolute Gasteiger partial charge is 0.339 e. The minimum atomic E-state index is -2.29. The molecule has 1 saturated carbocycles. The van der Waals surface area contributed by atoms with E-state index in [0.717, 1.165) is 56.3 Å². The van der Waals surface area contributed by atoms with E-state index in [1.807, 2.05) is 12.1 Å². The van der Waals surface area contributed by atoms with Gasteiger partial charge in [0.15, 0.2) is 23.2 Å². The molecular formula is C30H39NO9. The summed E-state index contributed by atoms with van der Waals surface area (Å²) in [4.78, 5) is 29.0. The summed E-state index contributed by atoms with van der Waals surface area (Å²) in [7, 11) is 1.55. The van der Waals surface area contributed by atoms with Crippen LogP contribution in [0.25, 0.3) is 0 Å². The molecule has 5 aliphatic rings. The SMILES string of the molecule is COC1=CC23CCCN2CCc2cc4c(cc2[C@@H]3C1OC(=O)[C@](O)(CC(=O)OCC1CC1)CC(C)(C)O)OCO4. The van der Waals surface area contributed by atoms with Gasteiger partial charge in [-0.2, -0.15) is 0 Å². The van der Waals surface area contributed by atoms with Gasteiger partial charge in [0.2, 0.25) is 6.79 Å². The van der Waals surface area contributed by atoms with Crippen molar-refractivity contribution in [2.24, 2.45) is 5.92 Å². The van der Waals surface area contributed by atoms with Crippen LogP contribution in [-0.2, 0) is 30.2 Å². The fourth-order valence-corrected chi connectivity index (χ4v) is 7.03. The molecule has 10 heteroatoms. The number of nitrogens with zero attached hydrogens (tertiary/aromatic N) is 1. The van der Waals surface area contributed by atoms with Crippen LogP contribution >= 0.6 is 0 Å². The number of benzene rings is 1. The second-order valence-corrected chi connectivity index (χ2v) is 12.6. The lowest BCUT2D eigenvalue weighted by atomic mass is 9.77. The average Bonchev–Trinajstić information content (AvgIpc) is 3.37. The molecular weight excluding hydrogens is 518 g/mol. The molecule has 0 bridgehead atoms. The van der Waals surface area contributed by atoms with Crippen LogP contribution in [0.3, 0.4) is 0 Å². The molecule has 1 aromatic carbocycles. The van der Waals surface area contributed by atoms with Gasteiger partial charge in [-0.05, 0) is 87.7 Å². The average molecular weight is 558 g/mol. The zero-order chi connectivity index (χ0) is 28.3. The number of hydrogen-bond donors (Lipinski definition) is 2. The molecule has 1 spiro atoms. The van der Waals surface area contributed by atoms with Crippen LogP contribution in [0.2, 0.25) is 0 Å². The lowest BCUT2D eigenvalue weighted by Gasteiger charge is -2.40. The Bertz CT molecular complexity index is 1220. The van der Waals surface area contributed by atoms with Crippen molar-refractivity contribution in [3.05, 3.63) is 35.1 Å². The van der Waals surface area contributed by atoms with Gasteiger partial charge < -0.3 is 33.9 Å². The Balaban J connectivity index is 1.34. The molecule has 6 rings (SSSR count). The van der Waals surface area contributed by atoms with Crippen LogP contribution in [0.1, 0.15) is 69.4 Å². The van der Waals surface area contributed by atoms with E-state index in [0.29, 0.717) is 23.2 Å². The van der Waals surface area contributed by atoms with Gasteiger partial charge in [0.05, 0.1) is 37.2 Å². The molecule has 40 heavy (non-hydrogen) atoms. The summed E-state index contributed by atoms with van der Waals surface area (Å²) in [5.41, 5.74) is -2.09. The van der Waals surface area contributed by atoms with Crippen molar-refractivity contribution in [3.63, 3.8) is 0 Å². The monoisotopic (exact) mass is 557 g/mol. The standard InChI is InChI=1S/C30H39NO9/c1-28(2,34)16-30(35,14-24(32)37-15-18-5-6-18)27(33)40-26-23(36-3)13-29-8-4-9-31(29)10-7-19-11-21-22(39-17-38-21)12-20(19)25(26)29/h11-13,18,25-26,34-35H,4-10,14-17H2,1-3H3/t25-,26?,29?,30+/m1/s1. The molecule has 2 unspecified atom stereocenters. The minimum absolute atomic E-state index is 0.154. The van der Waals surface area contributed by atoms with E-state index in [1.165, 1.54) is 13.8 Å². The molecule has 1 saturated heterocycles. The number of aliphatic hydroxyl groups is 2. The number of carbonyl (C=O) groups is 2. The van der Waals surface area contributed by atoms with E-state index in [2.05, 4.69) is 11.0 Å². The summed E-state index contributed by atoms with van der Waals surface area (Å²) < 4.78 is 28.7. The van der Waals surface area contributed by atoms with Gasteiger partial charge in [-0.1, -0.05) is 0 Å². The molecule has 2 fully saturated rings. The number of methoxy groups -OCH3 is 1. The number of carbonyl (C=O) groups excluding carboxylic acids is 2. The van der Waals surface area contributed by atoms with Gasteiger partial charge in [0.1, 0.15) is 5.76 Å². The second kappa shape index (κ2) is 9.92. The van der Waals surface area contributed by atoms with Crippen molar-refractivity contribution in [1.82, 2.24) is 4.90 Å². The maximum absolute atomic E-state index is 13.9. The third-order valence-corrected chi connectivity index (χ3v) is 8.92. The van der Waals surface area contributed by atoms with Crippen LogP contribution in [0.15, 0.2) is 24.0 Å². The van der Waals surface area contributed by atoms with E-state index >= 15 is 0 Å². The number of esters is 2. The second-order valence-electron chi connectivity index (χ2n) is 12.6. The van der Waals surface area contributed by atoms with E-state index < -0.39 is 47.6 Å². The highest BCUT2D eigenvalue weighted by atomic mass is 16.7. The van der Waals surface area contributed by atoms with Gasteiger partial charge in [0.25, 0.3) is 0 Å². The van der Waals surface area contributed by atoms with E-state index in [9.17, 15) is 19.8 Å². The normalized spacial score (nSPS) is 28.5. The third kappa shape index (κ3) is 4.94. The van der Waals surface area contributed by atoms with Crippen molar-refractivity contribution >= 4 is 11.9 Å². The molecule has 218 valence electrons. The summed E-state index contributed by atoms with van der Waals surface area (Å²) in [5, 5.41) is 22.2. The first-order valence-electron chi connectivity index (χ1n) is 14.3. The minimum Gasteiger partial charge on any atom is -0.497 e. The van der Waals surface area contributed by atoms with Crippen LogP contribution in [0.5, 0.6) is 11.5 Å². The molecule has 0 radical (unpaired) electrons. The zero-order valence-corrected chi connectivity index (χ0v) is 23.4. The van der Waals surface area contributed by atoms with Gasteiger partial charge >= 0.3 is 11.9 Å².